The lowest BCUT2D eigenvalue weighted by atomic mass is 9.95. The molecule has 1 fully saturated rings. The zero-order valence-corrected chi connectivity index (χ0v) is 23.4. The molecule has 0 radical (unpaired) electrons. The van der Waals surface area contributed by atoms with Crippen molar-refractivity contribution in [3.05, 3.63) is 65.2 Å². The smallest absolute Gasteiger partial charge is 0.242 e. The van der Waals surface area contributed by atoms with E-state index in [1.807, 2.05) is 62.4 Å². The molecule has 37 heavy (non-hydrogen) atoms. The summed E-state index contributed by atoms with van der Waals surface area (Å²) in [6.45, 7) is 6.10. The van der Waals surface area contributed by atoms with Crippen LogP contribution in [0, 0.1) is 13.8 Å². The molecule has 0 unspecified atom stereocenters. The quantitative estimate of drug-likeness (QED) is 0.458. The minimum atomic E-state index is -3.53. The highest BCUT2D eigenvalue weighted by Crippen LogP contribution is 2.25. The summed E-state index contributed by atoms with van der Waals surface area (Å²) in [5.41, 5.74) is 3.41. The van der Waals surface area contributed by atoms with E-state index in [1.54, 1.807) is 11.8 Å². The van der Waals surface area contributed by atoms with Gasteiger partial charge in [0.15, 0.2) is 0 Å². The van der Waals surface area contributed by atoms with Crippen LogP contribution >= 0.6 is 0 Å². The number of hydrogen-bond donors (Lipinski definition) is 1. The third-order valence-electron chi connectivity index (χ3n) is 7.10. The third-order valence-corrected chi connectivity index (χ3v) is 8.28. The summed E-state index contributed by atoms with van der Waals surface area (Å²) in [5, 5.41) is 3.15. The topological polar surface area (TPSA) is 86.8 Å². The van der Waals surface area contributed by atoms with E-state index >= 15 is 0 Å². The van der Waals surface area contributed by atoms with Gasteiger partial charge < -0.3 is 10.2 Å². The van der Waals surface area contributed by atoms with Crippen LogP contribution in [0.15, 0.2) is 48.5 Å². The van der Waals surface area contributed by atoms with Crippen molar-refractivity contribution in [3.63, 3.8) is 0 Å². The van der Waals surface area contributed by atoms with Gasteiger partial charge >= 0.3 is 0 Å². The summed E-state index contributed by atoms with van der Waals surface area (Å²) in [4.78, 5) is 28.2. The maximum atomic E-state index is 13.5. The van der Waals surface area contributed by atoms with Gasteiger partial charge in [-0.05, 0) is 62.8 Å². The Morgan fingerprint density at radius 3 is 2.35 bits per heavy atom. The summed E-state index contributed by atoms with van der Waals surface area (Å²) in [7, 11) is -3.53. The largest absolute Gasteiger partial charge is 0.352 e. The molecule has 0 aromatic heterocycles. The van der Waals surface area contributed by atoms with E-state index in [0.29, 0.717) is 18.7 Å². The predicted octanol–water partition coefficient (Wildman–Crippen LogP) is 4.72. The molecule has 1 aliphatic carbocycles. The van der Waals surface area contributed by atoms with Gasteiger partial charge in [-0.3, -0.25) is 13.9 Å². The molecule has 1 saturated carbocycles. The molecule has 2 aromatic carbocycles. The van der Waals surface area contributed by atoms with Crippen LogP contribution in [0.4, 0.5) is 5.69 Å². The van der Waals surface area contributed by atoms with Crippen molar-refractivity contribution >= 4 is 27.5 Å². The van der Waals surface area contributed by atoms with Crippen molar-refractivity contribution < 1.29 is 18.0 Å². The van der Waals surface area contributed by atoms with Crippen LogP contribution in [0.5, 0.6) is 0 Å². The minimum Gasteiger partial charge on any atom is -0.352 e. The van der Waals surface area contributed by atoms with E-state index in [4.69, 9.17) is 0 Å². The number of benzene rings is 2. The van der Waals surface area contributed by atoms with Gasteiger partial charge in [-0.1, -0.05) is 61.7 Å². The molecule has 1 atom stereocenters. The van der Waals surface area contributed by atoms with E-state index < -0.39 is 16.1 Å². The van der Waals surface area contributed by atoms with Crippen molar-refractivity contribution in [1.29, 1.82) is 0 Å². The molecule has 1 N–H and O–H groups in total. The van der Waals surface area contributed by atoms with Gasteiger partial charge in [0, 0.05) is 25.6 Å². The third kappa shape index (κ3) is 8.32. The highest BCUT2D eigenvalue weighted by Gasteiger charge is 2.28. The normalized spacial score (nSPS) is 15.1. The molecule has 202 valence electrons. The summed E-state index contributed by atoms with van der Waals surface area (Å²) in [5.74, 6) is -0.297. The average Bonchev–Trinajstić information content (AvgIpc) is 2.86. The number of rotatable bonds is 11. The molecule has 2 aromatic rings. The first-order chi connectivity index (χ1) is 17.6. The lowest BCUT2D eigenvalue weighted by molar-refractivity contribution is -0.141. The molecular weight excluding hydrogens is 486 g/mol. The van der Waals surface area contributed by atoms with Crippen molar-refractivity contribution in [3.8, 4) is 0 Å². The first-order valence-corrected chi connectivity index (χ1v) is 15.1. The first kappa shape index (κ1) is 28.7. The van der Waals surface area contributed by atoms with E-state index in [0.717, 1.165) is 42.4 Å². The second-order valence-corrected chi connectivity index (χ2v) is 12.2. The Hall–Kier alpha value is -2.87. The number of anilines is 1. The number of nitrogens with one attached hydrogen (secondary N) is 1. The van der Waals surface area contributed by atoms with Crippen molar-refractivity contribution in [2.75, 3.05) is 17.1 Å². The molecule has 7 nitrogen and oxygen atoms in total. The number of amides is 2. The molecule has 0 saturated heterocycles. The highest BCUT2D eigenvalue weighted by atomic mass is 32.2. The minimum absolute atomic E-state index is 0.135. The lowest BCUT2D eigenvalue weighted by Gasteiger charge is -2.31. The standard InChI is InChI=1S/C29H41N3O4S/c1-22-17-18-23(2)27(20-22)32(37(4,35)36)19-11-16-28(33)31(21-25-12-7-5-8-13-25)24(3)29(34)30-26-14-9-6-10-15-26/h5,7-8,12-13,17-18,20,24,26H,6,9-11,14-16,19,21H2,1-4H3,(H,30,34)/t24-/m1/s1. The van der Waals surface area contributed by atoms with E-state index in [2.05, 4.69) is 5.32 Å². The van der Waals surface area contributed by atoms with Gasteiger partial charge in [0.1, 0.15) is 6.04 Å². The zero-order valence-electron chi connectivity index (χ0n) is 22.6. The van der Waals surface area contributed by atoms with Gasteiger partial charge in [0.05, 0.1) is 11.9 Å². The van der Waals surface area contributed by atoms with Crippen molar-refractivity contribution in [2.45, 2.75) is 84.3 Å². The SMILES string of the molecule is Cc1ccc(C)c(N(CCCC(=O)N(Cc2ccccc2)[C@H](C)C(=O)NC2CCCCC2)S(C)(=O)=O)c1. The number of sulfonamides is 1. The molecule has 2 amide bonds. The first-order valence-electron chi connectivity index (χ1n) is 13.2. The Morgan fingerprint density at radius 1 is 1.03 bits per heavy atom. The maximum absolute atomic E-state index is 13.5. The Kier molecular flexibility index (Phi) is 10.1. The van der Waals surface area contributed by atoms with Crippen LogP contribution in [-0.4, -0.2) is 50.0 Å². The van der Waals surface area contributed by atoms with Crippen LogP contribution in [0.25, 0.3) is 0 Å². The monoisotopic (exact) mass is 527 g/mol. The van der Waals surface area contributed by atoms with Crippen molar-refractivity contribution in [2.24, 2.45) is 0 Å². The van der Waals surface area contributed by atoms with Gasteiger partial charge in [-0.2, -0.15) is 0 Å². The Bertz CT molecular complexity index is 1160. The Morgan fingerprint density at radius 2 is 1.70 bits per heavy atom. The van der Waals surface area contributed by atoms with Gasteiger partial charge in [0.2, 0.25) is 21.8 Å². The van der Waals surface area contributed by atoms with Crippen LogP contribution < -0.4 is 9.62 Å². The van der Waals surface area contributed by atoms with Gasteiger partial charge in [0.25, 0.3) is 0 Å². The fourth-order valence-corrected chi connectivity index (χ4v) is 5.92. The predicted molar refractivity (Wildman–Crippen MR) is 149 cm³/mol. The fourth-order valence-electron chi connectivity index (χ4n) is 4.90. The highest BCUT2D eigenvalue weighted by molar-refractivity contribution is 7.92. The summed E-state index contributed by atoms with van der Waals surface area (Å²) in [6, 6.07) is 14.9. The molecule has 3 rings (SSSR count). The summed E-state index contributed by atoms with van der Waals surface area (Å²) < 4.78 is 26.6. The summed E-state index contributed by atoms with van der Waals surface area (Å²) >= 11 is 0. The van der Waals surface area contributed by atoms with Crippen LogP contribution in [0.1, 0.15) is 68.6 Å². The molecule has 0 spiro atoms. The lowest BCUT2D eigenvalue weighted by Crippen LogP contribution is -2.50. The number of nitrogens with zero attached hydrogens (tertiary/aromatic N) is 2. The molecular formula is C29H41N3O4S. The van der Waals surface area contributed by atoms with E-state index in [9.17, 15) is 18.0 Å². The second kappa shape index (κ2) is 13.1. The molecule has 0 bridgehead atoms. The van der Waals surface area contributed by atoms with Crippen LogP contribution in [-0.2, 0) is 26.2 Å². The summed E-state index contributed by atoms with van der Waals surface area (Å²) in [6.07, 6.45) is 7.07. The van der Waals surface area contributed by atoms with E-state index in [-0.39, 0.29) is 30.8 Å². The zero-order chi connectivity index (χ0) is 27.0. The number of carbonyl (C=O) groups is 2. The van der Waals surface area contributed by atoms with Crippen LogP contribution in [0.3, 0.4) is 0 Å². The van der Waals surface area contributed by atoms with Crippen molar-refractivity contribution in [1.82, 2.24) is 10.2 Å². The Labute approximate surface area is 222 Å². The molecule has 1 aliphatic rings. The maximum Gasteiger partial charge on any atom is 0.242 e. The Balaban J connectivity index is 1.71. The number of hydrogen-bond acceptors (Lipinski definition) is 4. The molecule has 0 heterocycles. The van der Waals surface area contributed by atoms with Gasteiger partial charge in [-0.15, -0.1) is 0 Å². The molecule has 8 heteroatoms. The van der Waals surface area contributed by atoms with E-state index in [1.165, 1.54) is 17.0 Å². The average molecular weight is 528 g/mol. The second-order valence-electron chi connectivity index (χ2n) is 10.3. The molecule has 0 aliphatic heterocycles. The number of aryl methyl sites for hydroxylation is 2. The fraction of sp³-hybridized carbons (Fsp3) is 0.517. The van der Waals surface area contributed by atoms with Gasteiger partial charge in [-0.25, -0.2) is 8.42 Å². The van der Waals surface area contributed by atoms with Crippen LogP contribution in [0.2, 0.25) is 0 Å². The number of carbonyl (C=O) groups excluding carboxylic acids is 2.